The SMILES string of the molecule is O[C@@H]1[C@H](O)[C@@H]2C[C@@H]2[C@H]1n1cnc2c(NC3CCCCCC3)nc(Cl)nc21. The van der Waals surface area contributed by atoms with Crippen LogP contribution in [-0.2, 0) is 0 Å². The number of imidazole rings is 1. The highest BCUT2D eigenvalue weighted by Gasteiger charge is 2.60. The molecule has 8 heteroatoms. The van der Waals surface area contributed by atoms with Crippen molar-refractivity contribution in [2.24, 2.45) is 11.8 Å². The third kappa shape index (κ3) is 2.68. The Morgan fingerprint density at radius 2 is 1.81 bits per heavy atom. The number of fused-ring (bicyclic) bond motifs is 2. The third-order valence-corrected chi connectivity index (χ3v) is 6.55. The van der Waals surface area contributed by atoms with Gasteiger partial charge in [0.25, 0.3) is 0 Å². The van der Waals surface area contributed by atoms with Crippen molar-refractivity contribution in [1.29, 1.82) is 0 Å². The van der Waals surface area contributed by atoms with Crippen molar-refractivity contribution in [1.82, 2.24) is 19.5 Å². The standard InChI is InChI=1S/C18H24ClN5O2/c19-18-22-16(21-9-5-3-1-2-4-6-9)12-17(23-18)24(8-20-12)13-10-7-11(10)14(25)15(13)26/h8-11,13-15,25-26H,1-7H2,(H,21,22,23)/t10-,11+,13+,14+,15-/m0/s1. The molecule has 0 unspecified atom stereocenters. The lowest BCUT2D eigenvalue weighted by atomic mass is 10.1. The molecule has 0 spiro atoms. The van der Waals surface area contributed by atoms with E-state index in [4.69, 9.17) is 11.6 Å². The van der Waals surface area contributed by atoms with Gasteiger partial charge in [0.1, 0.15) is 6.10 Å². The van der Waals surface area contributed by atoms with Gasteiger partial charge in [-0.1, -0.05) is 25.7 Å². The number of anilines is 1. The molecule has 7 nitrogen and oxygen atoms in total. The van der Waals surface area contributed by atoms with Gasteiger partial charge in [-0.15, -0.1) is 0 Å². The maximum absolute atomic E-state index is 10.4. The lowest BCUT2D eigenvalue weighted by Crippen LogP contribution is -2.31. The first-order chi connectivity index (χ1) is 12.6. The molecule has 0 radical (unpaired) electrons. The normalized spacial score (nSPS) is 34.7. The van der Waals surface area contributed by atoms with Gasteiger partial charge < -0.3 is 20.1 Å². The van der Waals surface area contributed by atoms with Gasteiger partial charge in [-0.05, 0) is 42.7 Å². The number of nitrogens with zero attached hydrogens (tertiary/aromatic N) is 4. The molecular formula is C18H24ClN5O2. The summed E-state index contributed by atoms with van der Waals surface area (Å²) in [4.78, 5) is 13.3. The predicted molar refractivity (Wildman–Crippen MR) is 98.1 cm³/mol. The molecule has 2 aromatic rings. The van der Waals surface area contributed by atoms with Crippen LogP contribution in [0.3, 0.4) is 0 Å². The number of halogens is 1. The summed E-state index contributed by atoms with van der Waals surface area (Å²) in [6, 6.07) is 0.181. The summed E-state index contributed by atoms with van der Waals surface area (Å²) in [5.74, 6) is 1.14. The Labute approximate surface area is 156 Å². The molecule has 26 heavy (non-hydrogen) atoms. The predicted octanol–water partition coefficient (Wildman–Crippen LogP) is 2.53. The fourth-order valence-electron chi connectivity index (χ4n) is 4.93. The summed E-state index contributed by atoms with van der Waals surface area (Å²) in [6.07, 6.45) is 8.47. The molecule has 3 N–H and O–H groups in total. The van der Waals surface area contributed by atoms with Crippen LogP contribution in [0.15, 0.2) is 6.33 Å². The topological polar surface area (TPSA) is 96.1 Å². The van der Waals surface area contributed by atoms with Crippen LogP contribution >= 0.6 is 11.6 Å². The first kappa shape index (κ1) is 16.7. The fraction of sp³-hybridized carbons (Fsp3) is 0.722. The molecule has 0 saturated heterocycles. The zero-order valence-corrected chi connectivity index (χ0v) is 15.3. The largest absolute Gasteiger partial charge is 0.390 e. The number of nitrogens with one attached hydrogen (secondary N) is 1. The van der Waals surface area contributed by atoms with E-state index in [0.717, 1.165) is 19.3 Å². The molecule has 3 aliphatic rings. The van der Waals surface area contributed by atoms with E-state index >= 15 is 0 Å². The summed E-state index contributed by atoms with van der Waals surface area (Å²) in [6.45, 7) is 0. The molecule has 3 fully saturated rings. The molecular weight excluding hydrogens is 354 g/mol. The summed E-state index contributed by atoms with van der Waals surface area (Å²) in [7, 11) is 0. The van der Waals surface area contributed by atoms with Crippen molar-refractivity contribution in [2.75, 3.05) is 5.32 Å². The van der Waals surface area contributed by atoms with E-state index in [1.807, 2.05) is 4.57 Å². The van der Waals surface area contributed by atoms with Gasteiger partial charge in [-0.3, -0.25) is 0 Å². The van der Waals surface area contributed by atoms with E-state index in [0.29, 0.717) is 23.0 Å². The molecule has 0 bridgehead atoms. The van der Waals surface area contributed by atoms with E-state index < -0.39 is 12.2 Å². The highest BCUT2D eigenvalue weighted by Crippen LogP contribution is 2.57. The van der Waals surface area contributed by atoms with Crippen molar-refractivity contribution < 1.29 is 10.2 Å². The van der Waals surface area contributed by atoms with E-state index in [2.05, 4.69) is 20.3 Å². The van der Waals surface area contributed by atoms with Gasteiger partial charge in [0.15, 0.2) is 17.0 Å². The molecule has 0 aliphatic heterocycles. The Hall–Kier alpha value is -1.44. The maximum atomic E-state index is 10.4. The molecule has 5 atom stereocenters. The molecule has 5 rings (SSSR count). The van der Waals surface area contributed by atoms with Crippen molar-refractivity contribution in [2.45, 2.75) is 69.2 Å². The molecule has 2 heterocycles. The van der Waals surface area contributed by atoms with Crippen LogP contribution in [0.1, 0.15) is 51.0 Å². The Bertz CT molecular complexity index is 819. The average molecular weight is 378 g/mol. The van der Waals surface area contributed by atoms with Crippen LogP contribution in [0.5, 0.6) is 0 Å². The van der Waals surface area contributed by atoms with Gasteiger partial charge >= 0.3 is 0 Å². The summed E-state index contributed by atoms with van der Waals surface area (Å²) < 4.78 is 1.88. The minimum Gasteiger partial charge on any atom is -0.390 e. The zero-order valence-electron chi connectivity index (χ0n) is 14.6. The van der Waals surface area contributed by atoms with Gasteiger partial charge in [0.2, 0.25) is 5.28 Å². The number of aliphatic hydroxyl groups excluding tert-OH is 2. The van der Waals surface area contributed by atoms with E-state index in [1.54, 1.807) is 6.33 Å². The van der Waals surface area contributed by atoms with Crippen LogP contribution in [0.2, 0.25) is 5.28 Å². The summed E-state index contributed by atoms with van der Waals surface area (Å²) in [5, 5.41) is 24.3. The smallest absolute Gasteiger partial charge is 0.226 e. The Morgan fingerprint density at radius 3 is 2.50 bits per heavy atom. The number of rotatable bonds is 3. The van der Waals surface area contributed by atoms with Crippen LogP contribution in [0.25, 0.3) is 11.2 Å². The monoisotopic (exact) mass is 377 g/mol. The van der Waals surface area contributed by atoms with E-state index in [-0.39, 0.29) is 23.2 Å². The van der Waals surface area contributed by atoms with Crippen LogP contribution in [-0.4, -0.2) is 48.0 Å². The second-order valence-corrected chi connectivity index (χ2v) is 8.37. The van der Waals surface area contributed by atoms with Crippen molar-refractivity contribution in [3.63, 3.8) is 0 Å². The van der Waals surface area contributed by atoms with Crippen LogP contribution in [0, 0.1) is 11.8 Å². The Balaban J connectivity index is 1.50. The number of hydrogen-bond acceptors (Lipinski definition) is 6. The molecule has 0 amide bonds. The van der Waals surface area contributed by atoms with Crippen molar-refractivity contribution in [3.8, 4) is 0 Å². The number of aromatic nitrogens is 4. The second-order valence-electron chi connectivity index (χ2n) is 8.03. The average Bonchev–Trinajstić information content (AvgIpc) is 3.30. The quantitative estimate of drug-likeness (QED) is 0.562. The first-order valence-corrected chi connectivity index (χ1v) is 10.0. The van der Waals surface area contributed by atoms with Crippen LogP contribution < -0.4 is 5.32 Å². The molecule has 3 aliphatic carbocycles. The molecule has 0 aromatic carbocycles. The molecule has 140 valence electrons. The second kappa shape index (κ2) is 6.32. The number of aliphatic hydroxyl groups is 2. The molecule has 2 aromatic heterocycles. The Kier molecular flexibility index (Phi) is 4.06. The lowest BCUT2D eigenvalue weighted by Gasteiger charge is -2.22. The fourth-order valence-corrected chi connectivity index (χ4v) is 5.09. The van der Waals surface area contributed by atoms with Gasteiger partial charge in [-0.2, -0.15) is 9.97 Å². The van der Waals surface area contributed by atoms with Gasteiger partial charge in [0, 0.05) is 6.04 Å². The minimum atomic E-state index is -0.789. The van der Waals surface area contributed by atoms with Crippen molar-refractivity contribution in [3.05, 3.63) is 11.6 Å². The summed E-state index contributed by atoms with van der Waals surface area (Å²) in [5.41, 5.74) is 1.31. The first-order valence-electron chi connectivity index (χ1n) is 9.66. The zero-order chi connectivity index (χ0) is 17.8. The highest BCUT2D eigenvalue weighted by molar-refractivity contribution is 6.28. The third-order valence-electron chi connectivity index (χ3n) is 6.38. The molecule has 3 saturated carbocycles. The lowest BCUT2D eigenvalue weighted by molar-refractivity contribution is 0.00386. The minimum absolute atomic E-state index is 0.177. The van der Waals surface area contributed by atoms with Crippen molar-refractivity contribution >= 4 is 28.6 Å². The van der Waals surface area contributed by atoms with Crippen LogP contribution in [0.4, 0.5) is 5.82 Å². The number of hydrogen-bond donors (Lipinski definition) is 3. The Morgan fingerprint density at radius 1 is 1.04 bits per heavy atom. The highest BCUT2D eigenvalue weighted by atomic mass is 35.5. The summed E-state index contributed by atoms with van der Waals surface area (Å²) >= 11 is 6.21. The maximum Gasteiger partial charge on any atom is 0.226 e. The van der Waals surface area contributed by atoms with E-state index in [1.165, 1.54) is 25.7 Å². The van der Waals surface area contributed by atoms with Gasteiger partial charge in [0.05, 0.1) is 18.5 Å². The van der Waals surface area contributed by atoms with E-state index in [9.17, 15) is 10.2 Å². The van der Waals surface area contributed by atoms with Gasteiger partial charge in [-0.25, -0.2) is 4.98 Å².